The number of likely N-dealkylation sites (N-methyl/N-ethyl adjacent to an activating group) is 4. The zero-order valence-electron chi connectivity index (χ0n) is 48.4. The molecule has 2 saturated heterocycles. The predicted molar refractivity (Wildman–Crippen MR) is 305 cm³/mol. The first-order valence-corrected chi connectivity index (χ1v) is 29.1. The van der Waals surface area contributed by atoms with Crippen molar-refractivity contribution in [2.24, 2.45) is 17.8 Å². The lowest BCUT2D eigenvalue weighted by molar-refractivity contribution is -0.148. The molecule has 0 bridgehead atoms. The van der Waals surface area contributed by atoms with Gasteiger partial charge >= 0.3 is 0 Å². The molecular formula is C58H89N9O11S. The van der Waals surface area contributed by atoms with Crippen LogP contribution in [-0.2, 0) is 49.6 Å². The van der Waals surface area contributed by atoms with Crippen molar-refractivity contribution in [1.29, 1.82) is 0 Å². The number of likely N-dealkylation sites (tertiary alicyclic amines) is 1. The number of piperidine rings is 1. The number of benzene rings is 2. The van der Waals surface area contributed by atoms with Crippen molar-refractivity contribution in [1.82, 2.24) is 45.8 Å². The summed E-state index contributed by atoms with van der Waals surface area (Å²) in [5, 5.41) is 32.5. The smallest absolute Gasteiger partial charge is 0.248 e. The van der Waals surface area contributed by atoms with Crippen LogP contribution in [0.25, 0.3) is 11.1 Å². The van der Waals surface area contributed by atoms with Crippen LogP contribution in [0.3, 0.4) is 0 Å². The van der Waals surface area contributed by atoms with Gasteiger partial charge in [-0.2, -0.15) is 0 Å². The van der Waals surface area contributed by atoms with Crippen molar-refractivity contribution in [2.75, 3.05) is 65.9 Å². The van der Waals surface area contributed by atoms with Crippen LogP contribution in [0.2, 0.25) is 0 Å². The summed E-state index contributed by atoms with van der Waals surface area (Å²) >= 11 is 1.09. The van der Waals surface area contributed by atoms with Crippen molar-refractivity contribution in [3.05, 3.63) is 60.2 Å². The Morgan fingerprint density at radius 2 is 1.25 bits per heavy atom. The van der Waals surface area contributed by atoms with E-state index in [0.717, 1.165) is 52.0 Å². The van der Waals surface area contributed by atoms with Gasteiger partial charge in [-0.05, 0) is 86.3 Å². The molecular weight excluding hydrogens is 1030 g/mol. The van der Waals surface area contributed by atoms with E-state index in [2.05, 4.69) is 21.3 Å². The Bertz CT molecular complexity index is 2370. The molecule has 2 fully saturated rings. The average Bonchev–Trinajstić information content (AvgIpc) is 3.42. The van der Waals surface area contributed by atoms with Gasteiger partial charge in [0.05, 0.1) is 18.4 Å². The number of hydrogen-bond donors (Lipinski definition) is 6. The number of nitrogens with one attached hydrogen (secondary N) is 4. The molecule has 79 heavy (non-hydrogen) atoms. The van der Waals surface area contributed by atoms with Gasteiger partial charge in [-0.1, -0.05) is 103 Å². The number of amides is 9. The van der Waals surface area contributed by atoms with Crippen molar-refractivity contribution in [3.8, 4) is 11.1 Å². The molecule has 2 heterocycles. The van der Waals surface area contributed by atoms with E-state index >= 15 is 0 Å². The maximum atomic E-state index is 14.9. The molecule has 2 aliphatic rings. The second kappa shape index (κ2) is 31.7. The lowest BCUT2D eigenvalue weighted by Crippen LogP contribution is -2.61. The van der Waals surface area contributed by atoms with Gasteiger partial charge in [0, 0.05) is 60.1 Å². The number of hydrogen-bond acceptors (Lipinski definition) is 12. The fourth-order valence-corrected chi connectivity index (χ4v) is 10.8. The molecule has 2 aromatic rings. The van der Waals surface area contributed by atoms with E-state index in [1.807, 2.05) is 89.2 Å². The van der Waals surface area contributed by atoms with Gasteiger partial charge in [0.15, 0.2) is 0 Å². The van der Waals surface area contributed by atoms with Gasteiger partial charge < -0.3 is 56.0 Å². The summed E-state index contributed by atoms with van der Waals surface area (Å²) in [6.45, 7) is 12.3. The highest BCUT2D eigenvalue weighted by atomic mass is 32.2. The molecule has 0 aliphatic carbocycles. The molecule has 0 unspecified atom stereocenters. The number of thioether (sulfide) groups is 1. The zero-order valence-corrected chi connectivity index (χ0v) is 49.2. The quantitative estimate of drug-likeness (QED) is 0.160. The van der Waals surface area contributed by atoms with Crippen LogP contribution in [0.1, 0.15) is 105 Å². The summed E-state index contributed by atoms with van der Waals surface area (Å²) in [4.78, 5) is 136. The molecule has 0 aromatic heterocycles. The summed E-state index contributed by atoms with van der Waals surface area (Å²) < 4.78 is 0. The topological polar surface area (TPSA) is 258 Å². The number of aliphatic hydroxyl groups is 2. The summed E-state index contributed by atoms with van der Waals surface area (Å²) in [6, 6.07) is 8.37. The predicted octanol–water partition coefficient (Wildman–Crippen LogP) is 2.83. The Hall–Kier alpha value is -6.06. The van der Waals surface area contributed by atoms with Gasteiger partial charge in [0.1, 0.15) is 42.3 Å². The monoisotopic (exact) mass is 1120 g/mol. The molecule has 438 valence electrons. The summed E-state index contributed by atoms with van der Waals surface area (Å²) in [5.41, 5.74) is 2.58. The molecule has 21 heteroatoms. The van der Waals surface area contributed by atoms with Crippen molar-refractivity contribution in [2.45, 2.75) is 155 Å². The van der Waals surface area contributed by atoms with Gasteiger partial charge in [-0.3, -0.25) is 43.2 Å². The molecule has 4 rings (SSSR count). The Morgan fingerprint density at radius 3 is 1.84 bits per heavy atom. The van der Waals surface area contributed by atoms with Crippen LogP contribution < -0.4 is 21.3 Å². The summed E-state index contributed by atoms with van der Waals surface area (Å²) in [6.07, 6.45) is 1.96. The van der Waals surface area contributed by atoms with Crippen molar-refractivity contribution < 1.29 is 53.4 Å². The van der Waals surface area contributed by atoms with E-state index in [9.17, 15) is 53.4 Å². The SMILES string of the molecule is CC[C@H](C)[C@H]1C(=O)N[C@@H](Cc2ccc(-c3ccccc3)cc2)C(=O)N[C@H](C(=O)N2CCCCC2)CSCC(=O)N(C)[C@@H](CCC(C)C)C(=O)N[C@@H]([C@@H](C)O)C(=O)N(C)CC(=O)N(C)[C@@H](CC(C)C)C(=O)N[C@@H](CCO)C(=O)N1C. The molecule has 0 spiro atoms. The van der Waals surface area contributed by atoms with Crippen LogP contribution >= 0.6 is 11.8 Å². The van der Waals surface area contributed by atoms with Crippen LogP contribution in [0, 0.1) is 17.8 Å². The van der Waals surface area contributed by atoms with E-state index in [0.29, 0.717) is 31.5 Å². The minimum absolute atomic E-state index is 0.0254. The van der Waals surface area contributed by atoms with E-state index < -0.39 is 115 Å². The third kappa shape index (κ3) is 19.0. The molecule has 9 amide bonds. The number of aliphatic hydroxyl groups excluding tert-OH is 2. The third-order valence-corrected chi connectivity index (χ3v) is 16.0. The zero-order chi connectivity index (χ0) is 58.7. The number of nitrogens with zero attached hydrogens (tertiary/aromatic N) is 5. The molecule has 0 saturated carbocycles. The number of carbonyl (C=O) groups is 9. The van der Waals surface area contributed by atoms with Crippen LogP contribution in [0.5, 0.6) is 0 Å². The van der Waals surface area contributed by atoms with E-state index in [1.165, 1.54) is 44.9 Å². The molecule has 20 nitrogen and oxygen atoms in total. The average molecular weight is 1120 g/mol. The Balaban J connectivity index is 1.85. The minimum atomic E-state index is -1.54. The van der Waals surface area contributed by atoms with Crippen LogP contribution in [-0.4, -0.2) is 202 Å². The highest BCUT2D eigenvalue weighted by molar-refractivity contribution is 8.00. The maximum absolute atomic E-state index is 14.9. The summed E-state index contributed by atoms with van der Waals surface area (Å²) in [7, 11) is 5.59. The first-order chi connectivity index (χ1) is 37.4. The largest absolute Gasteiger partial charge is 0.396 e. The fourth-order valence-electron chi connectivity index (χ4n) is 9.89. The maximum Gasteiger partial charge on any atom is 0.248 e. The Morgan fingerprint density at radius 1 is 0.658 bits per heavy atom. The van der Waals surface area contributed by atoms with Gasteiger partial charge in [0.25, 0.3) is 0 Å². The highest BCUT2D eigenvalue weighted by Gasteiger charge is 2.40. The molecule has 6 N–H and O–H groups in total. The molecule has 0 radical (unpaired) electrons. The molecule has 9 atom stereocenters. The second-order valence-electron chi connectivity index (χ2n) is 22.2. The normalized spacial score (nSPS) is 24.7. The van der Waals surface area contributed by atoms with Crippen molar-refractivity contribution in [3.63, 3.8) is 0 Å². The van der Waals surface area contributed by atoms with E-state index in [-0.39, 0.29) is 54.9 Å². The fraction of sp³-hybridized carbons (Fsp3) is 0.638. The van der Waals surface area contributed by atoms with Crippen LogP contribution in [0.15, 0.2) is 54.6 Å². The summed E-state index contributed by atoms with van der Waals surface area (Å²) in [5.74, 6) is -6.69. The van der Waals surface area contributed by atoms with E-state index in [4.69, 9.17) is 0 Å². The van der Waals surface area contributed by atoms with Crippen LogP contribution in [0.4, 0.5) is 0 Å². The van der Waals surface area contributed by atoms with Gasteiger partial charge in [0.2, 0.25) is 53.2 Å². The first kappa shape index (κ1) is 65.5. The number of carbonyl (C=O) groups excluding carboxylic acids is 9. The van der Waals surface area contributed by atoms with Gasteiger partial charge in [-0.15, -0.1) is 11.8 Å². The number of rotatable bonds is 14. The highest BCUT2D eigenvalue weighted by Crippen LogP contribution is 2.23. The first-order valence-electron chi connectivity index (χ1n) is 27.9. The second-order valence-corrected chi connectivity index (χ2v) is 23.2. The van der Waals surface area contributed by atoms with Crippen molar-refractivity contribution >= 4 is 64.9 Å². The Kier molecular flexibility index (Phi) is 26.2. The van der Waals surface area contributed by atoms with Gasteiger partial charge in [-0.25, -0.2) is 0 Å². The lowest BCUT2D eigenvalue weighted by Gasteiger charge is -2.36. The minimum Gasteiger partial charge on any atom is -0.396 e. The lowest BCUT2D eigenvalue weighted by atomic mass is 9.94. The molecule has 2 aliphatic heterocycles. The standard InChI is InChI=1S/C58H89N9O11S/c1-12-38(6)51-55(75)60-44(32-40-22-24-42(25-23-40)41-19-15-13-16-20-41)52(72)61-45(57(77)67-28-17-14-18-29-67)34-79-35-49(71)64(9)46(26-21-36(2)3)53(73)62-50(39(7)69)58(78)63(8)33-48(70)65(10)47(31-37(4)5)54(74)59-43(27-30-68)56(76)66(51)11/h13,15-16,19-20,22-25,36-39,43-47,50-51,68-69H,12,14,17-18,21,26-35H2,1-11H3,(H,59,74)(H,60,75)(H,61,72)(H,62,73)/t38-,39+,43-,44-,45-,46-,47-,50-,51-/m0/s1. The Labute approximate surface area is 471 Å². The molecule has 2 aromatic carbocycles. The van der Waals surface area contributed by atoms with E-state index in [1.54, 1.807) is 11.8 Å². The third-order valence-electron chi connectivity index (χ3n) is 15.0.